The average molecular weight is 294 g/mol. The SMILES string of the molecule is COc1cc(/C=C/C(=O)O)cc2cc(-c3ccccc3)oc12. The Balaban J connectivity index is 2.12. The molecule has 4 heteroatoms. The van der Waals surface area contributed by atoms with Gasteiger partial charge < -0.3 is 14.3 Å². The number of carboxylic acid groups (broad SMARTS) is 1. The summed E-state index contributed by atoms with van der Waals surface area (Å²) >= 11 is 0. The third kappa shape index (κ3) is 2.72. The number of carboxylic acids is 1. The molecule has 0 saturated carbocycles. The van der Waals surface area contributed by atoms with Crippen LogP contribution in [0.1, 0.15) is 5.56 Å². The van der Waals surface area contributed by atoms with Crippen molar-refractivity contribution < 1.29 is 19.1 Å². The van der Waals surface area contributed by atoms with Gasteiger partial charge in [0.15, 0.2) is 11.3 Å². The van der Waals surface area contributed by atoms with Gasteiger partial charge in [0.05, 0.1) is 7.11 Å². The maximum absolute atomic E-state index is 10.6. The van der Waals surface area contributed by atoms with Crippen LogP contribution < -0.4 is 4.74 Å². The third-order valence-electron chi connectivity index (χ3n) is 3.30. The van der Waals surface area contributed by atoms with E-state index in [1.54, 1.807) is 13.2 Å². The van der Waals surface area contributed by atoms with Crippen molar-refractivity contribution in [1.29, 1.82) is 0 Å². The minimum absolute atomic E-state index is 0.574. The summed E-state index contributed by atoms with van der Waals surface area (Å²) in [6.45, 7) is 0. The molecule has 1 N–H and O–H groups in total. The first-order valence-electron chi connectivity index (χ1n) is 6.75. The number of methoxy groups -OCH3 is 1. The lowest BCUT2D eigenvalue weighted by Crippen LogP contribution is -1.87. The van der Waals surface area contributed by atoms with Crippen molar-refractivity contribution in [2.75, 3.05) is 7.11 Å². The van der Waals surface area contributed by atoms with Crippen LogP contribution in [0.4, 0.5) is 0 Å². The molecule has 0 fully saturated rings. The Kier molecular flexibility index (Phi) is 3.66. The van der Waals surface area contributed by atoms with Crippen LogP contribution in [0.3, 0.4) is 0 Å². The summed E-state index contributed by atoms with van der Waals surface area (Å²) in [5.74, 6) is 0.328. The Labute approximate surface area is 127 Å². The van der Waals surface area contributed by atoms with Crippen LogP contribution in [0.15, 0.2) is 59.0 Å². The van der Waals surface area contributed by atoms with Crippen LogP contribution in [-0.4, -0.2) is 18.2 Å². The minimum Gasteiger partial charge on any atom is -0.493 e. The lowest BCUT2D eigenvalue weighted by atomic mass is 10.1. The lowest BCUT2D eigenvalue weighted by Gasteiger charge is -2.02. The normalized spacial score (nSPS) is 11.1. The molecule has 0 aliphatic heterocycles. The Morgan fingerprint density at radius 2 is 1.95 bits per heavy atom. The molecular formula is C18H14O4. The van der Waals surface area contributed by atoms with Crippen molar-refractivity contribution in [1.82, 2.24) is 0 Å². The first-order chi connectivity index (χ1) is 10.7. The van der Waals surface area contributed by atoms with E-state index in [2.05, 4.69) is 0 Å². The topological polar surface area (TPSA) is 59.7 Å². The molecule has 0 aliphatic carbocycles. The van der Waals surface area contributed by atoms with Gasteiger partial charge in [-0.2, -0.15) is 0 Å². The van der Waals surface area contributed by atoms with Crippen LogP contribution in [0.2, 0.25) is 0 Å². The summed E-state index contributed by atoms with van der Waals surface area (Å²) in [6.07, 6.45) is 2.62. The molecule has 0 aliphatic rings. The minimum atomic E-state index is -0.990. The predicted octanol–water partition coefficient (Wildman–Crippen LogP) is 4.21. The summed E-state index contributed by atoms with van der Waals surface area (Å²) in [7, 11) is 1.56. The van der Waals surface area contributed by atoms with Crippen molar-refractivity contribution in [2.45, 2.75) is 0 Å². The van der Waals surface area contributed by atoms with Crippen LogP contribution in [0, 0.1) is 0 Å². The molecule has 0 amide bonds. The zero-order valence-electron chi connectivity index (χ0n) is 11.9. The number of benzene rings is 2. The fourth-order valence-electron chi connectivity index (χ4n) is 2.30. The summed E-state index contributed by atoms with van der Waals surface area (Å²) < 4.78 is 11.2. The van der Waals surface area contributed by atoms with Gasteiger partial charge in [-0.15, -0.1) is 0 Å². The Morgan fingerprint density at radius 3 is 2.64 bits per heavy atom. The number of aliphatic carboxylic acids is 1. The Bertz CT molecular complexity index is 844. The molecule has 1 aromatic heterocycles. The van der Waals surface area contributed by atoms with E-state index in [9.17, 15) is 4.79 Å². The largest absolute Gasteiger partial charge is 0.493 e. The quantitative estimate of drug-likeness (QED) is 0.732. The molecule has 1 heterocycles. The highest BCUT2D eigenvalue weighted by molar-refractivity contribution is 5.91. The second-order valence-corrected chi connectivity index (χ2v) is 4.79. The van der Waals surface area contributed by atoms with Crippen LogP contribution in [0.25, 0.3) is 28.4 Å². The van der Waals surface area contributed by atoms with Gasteiger partial charge in [-0.3, -0.25) is 0 Å². The van der Waals surface area contributed by atoms with Gasteiger partial charge in [0.25, 0.3) is 0 Å². The average Bonchev–Trinajstić information content (AvgIpc) is 2.97. The van der Waals surface area contributed by atoms with Gasteiger partial charge in [0.1, 0.15) is 5.76 Å². The van der Waals surface area contributed by atoms with Gasteiger partial charge in [0.2, 0.25) is 0 Å². The molecule has 3 rings (SSSR count). The maximum Gasteiger partial charge on any atom is 0.328 e. The van der Waals surface area contributed by atoms with E-state index < -0.39 is 5.97 Å². The molecule has 0 atom stereocenters. The van der Waals surface area contributed by atoms with Crippen molar-refractivity contribution in [3.63, 3.8) is 0 Å². The zero-order valence-corrected chi connectivity index (χ0v) is 11.9. The van der Waals surface area contributed by atoms with E-state index in [0.717, 1.165) is 28.3 Å². The number of ether oxygens (including phenoxy) is 1. The van der Waals surface area contributed by atoms with Crippen LogP contribution >= 0.6 is 0 Å². The smallest absolute Gasteiger partial charge is 0.328 e. The maximum atomic E-state index is 10.6. The molecule has 2 aromatic carbocycles. The standard InChI is InChI=1S/C18H14O4/c1-21-16-10-12(7-8-17(19)20)9-14-11-15(22-18(14)16)13-5-3-2-4-6-13/h2-11H,1H3,(H,19,20)/b8-7+. The Morgan fingerprint density at radius 1 is 1.18 bits per heavy atom. The number of carbonyl (C=O) groups is 1. The Hall–Kier alpha value is -3.01. The molecular weight excluding hydrogens is 280 g/mol. The van der Waals surface area contributed by atoms with E-state index in [0.29, 0.717) is 11.3 Å². The number of hydrogen-bond donors (Lipinski definition) is 1. The predicted molar refractivity (Wildman–Crippen MR) is 84.9 cm³/mol. The van der Waals surface area contributed by atoms with E-state index >= 15 is 0 Å². The first kappa shape index (κ1) is 13.9. The van der Waals surface area contributed by atoms with Crippen molar-refractivity contribution in [3.8, 4) is 17.1 Å². The second kappa shape index (κ2) is 5.77. The second-order valence-electron chi connectivity index (χ2n) is 4.79. The summed E-state index contributed by atoms with van der Waals surface area (Å²) in [6, 6.07) is 15.3. The molecule has 3 aromatic rings. The molecule has 0 radical (unpaired) electrons. The van der Waals surface area contributed by atoms with E-state index in [1.165, 1.54) is 6.08 Å². The monoisotopic (exact) mass is 294 g/mol. The lowest BCUT2D eigenvalue weighted by molar-refractivity contribution is -0.131. The fourth-order valence-corrected chi connectivity index (χ4v) is 2.30. The van der Waals surface area contributed by atoms with Crippen molar-refractivity contribution in [3.05, 3.63) is 60.2 Å². The molecule has 110 valence electrons. The van der Waals surface area contributed by atoms with Crippen LogP contribution in [-0.2, 0) is 4.79 Å². The zero-order chi connectivity index (χ0) is 15.5. The molecule has 22 heavy (non-hydrogen) atoms. The molecule has 0 spiro atoms. The highest BCUT2D eigenvalue weighted by atomic mass is 16.5. The van der Waals surface area contributed by atoms with Crippen LogP contribution in [0.5, 0.6) is 5.75 Å². The number of rotatable bonds is 4. The highest BCUT2D eigenvalue weighted by Crippen LogP contribution is 2.34. The van der Waals surface area contributed by atoms with Crippen molar-refractivity contribution in [2.24, 2.45) is 0 Å². The number of fused-ring (bicyclic) bond motifs is 1. The summed E-state index contributed by atoms with van der Waals surface area (Å²) in [5, 5.41) is 9.59. The van der Waals surface area contributed by atoms with Gasteiger partial charge in [0, 0.05) is 17.0 Å². The van der Waals surface area contributed by atoms with Crippen molar-refractivity contribution >= 4 is 23.0 Å². The molecule has 0 unspecified atom stereocenters. The summed E-state index contributed by atoms with van der Waals surface area (Å²) in [5.41, 5.74) is 2.37. The molecule has 0 bridgehead atoms. The van der Waals surface area contributed by atoms with E-state index in [1.807, 2.05) is 42.5 Å². The van der Waals surface area contributed by atoms with Gasteiger partial charge in [-0.05, 0) is 29.8 Å². The van der Waals surface area contributed by atoms with E-state index in [4.69, 9.17) is 14.3 Å². The first-order valence-corrected chi connectivity index (χ1v) is 6.75. The number of furan rings is 1. The highest BCUT2D eigenvalue weighted by Gasteiger charge is 2.11. The number of hydrogen-bond acceptors (Lipinski definition) is 3. The van der Waals surface area contributed by atoms with Gasteiger partial charge in [-0.1, -0.05) is 30.3 Å². The van der Waals surface area contributed by atoms with Gasteiger partial charge >= 0.3 is 5.97 Å². The van der Waals surface area contributed by atoms with Gasteiger partial charge in [-0.25, -0.2) is 4.79 Å². The molecule has 4 nitrogen and oxygen atoms in total. The third-order valence-corrected chi connectivity index (χ3v) is 3.30. The summed E-state index contributed by atoms with van der Waals surface area (Å²) in [4.78, 5) is 10.6. The van der Waals surface area contributed by atoms with E-state index in [-0.39, 0.29) is 0 Å². The molecule has 0 saturated heterocycles. The fraction of sp³-hybridized carbons (Fsp3) is 0.0556.